The fraction of sp³-hybridized carbons (Fsp3) is 0.611. The average Bonchev–Trinajstić information content (AvgIpc) is 2.66. The third-order valence-corrected chi connectivity index (χ3v) is 6.34. The number of nitrogens with one attached hydrogen (secondary N) is 2. The number of benzene rings is 1. The highest BCUT2D eigenvalue weighted by atomic mass is 127. The number of alkyl halides is 3. The Labute approximate surface area is 187 Å². The average molecular weight is 548 g/mol. The first kappa shape index (κ1) is 26.0. The van der Waals surface area contributed by atoms with E-state index in [4.69, 9.17) is 0 Å². The maximum absolute atomic E-state index is 12.6. The topological polar surface area (TPSA) is 73.8 Å². The van der Waals surface area contributed by atoms with Gasteiger partial charge in [-0.05, 0) is 38.2 Å². The first-order valence-corrected chi connectivity index (χ1v) is 10.8. The fourth-order valence-corrected chi connectivity index (χ4v) is 4.03. The number of guanidine groups is 1. The van der Waals surface area contributed by atoms with Crippen molar-refractivity contribution < 1.29 is 21.6 Å². The molecule has 6 nitrogen and oxygen atoms in total. The minimum Gasteiger partial charge on any atom is -0.357 e. The summed E-state index contributed by atoms with van der Waals surface area (Å²) < 4.78 is 61.4. The van der Waals surface area contributed by atoms with Crippen LogP contribution in [-0.4, -0.2) is 50.4 Å². The van der Waals surface area contributed by atoms with E-state index in [-0.39, 0.29) is 49.0 Å². The van der Waals surface area contributed by atoms with Crippen molar-refractivity contribution in [2.45, 2.75) is 38.2 Å². The van der Waals surface area contributed by atoms with Crippen LogP contribution in [-0.2, 0) is 10.0 Å². The quantitative estimate of drug-likeness (QED) is 0.325. The Bertz CT molecular complexity index is 752. The third kappa shape index (κ3) is 7.28. The van der Waals surface area contributed by atoms with Crippen LogP contribution in [0.5, 0.6) is 0 Å². The van der Waals surface area contributed by atoms with E-state index in [2.05, 4.69) is 15.6 Å². The van der Waals surface area contributed by atoms with Gasteiger partial charge in [0.1, 0.15) is 0 Å². The second-order valence-electron chi connectivity index (χ2n) is 6.79. The number of sulfonamides is 1. The van der Waals surface area contributed by atoms with Gasteiger partial charge < -0.3 is 10.6 Å². The SMILES string of the molecule is CCNC(=NCC1CCN(S(=O)(=O)C(F)(F)F)CC1)NC(C)c1ccccc1.I. The van der Waals surface area contributed by atoms with Crippen LogP contribution in [0.25, 0.3) is 0 Å². The fourth-order valence-electron chi connectivity index (χ4n) is 3.05. The molecule has 1 aliphatic heterocycles. The van der Waals surface area contributed by atoms with Crippen molar-refractivity contribution >= 4 is 40.0 Å². The van der Waals surface area contributed by atoms with E-state index < -0.39 is 15.5 Å². The van der Waals surface area contributed by atoms with Gasteiger partial charge in [-0.15, -0.1) is 24.0 Å². The predicted molar refractivity (Wildman–Crippen MR) is 119 cm³/mol. The number of hydrogen-bond donors (Lipinski definition) is 2. The minimum atomic E-state index is -5.24. The molecule has 0 bridgehead atoms. The summed E-state index contributed by atoms with van der Waals surface area (Å²) in [6.45, 7) is 4.80. The van der Waals surface area contributed by atoms with Crippen LogP contribution in [0, 0.1) is 5.92 Å². The number of rotatable bonds is 6. The molecule has 1 heterocycles. The van der Waals surface area contributed by atoms with Crippen molar-refractivity contribution in [1.29, 1.82) is 0 Å². The van der Waals surface area contributed by atoms with Gasteiger partial charge in [-0.2, -0.15) is 17.5 Å². The van der Waals surface area contributed by atoms with Crippen molar-refractivity contribution in [2.75, 3.05) is 26.2 Å². The molecule has 0 amide bonds. The van der Waals surface area contributed by atoms with Gasteiger partial charge in [0.2, 0.25) is 0 Å². The van der Waals surface area contributed by atoms with Crippen LogP contribution in [0.3, 0.4) is 0 Å². The molecule has 1 fully saturated rings. The maximum Gasteiger partial charge on any atom is 0.511 e. The molecule has 1 aromatic rings. The van der Waals surface area contributed by atoms with Gasteiger partial charge in [-0.1, -0.05) is 30.3 Å². The first-order chi connectivity index (χ1) is 13.1. The Morgan fingerprint density at radius 2 is 1.83 bits per heavy atom. The minimum absolute atomic E-state index is 0. The summed E-state index contributed by atoms with van der Waals surface area (Å²) >= 11 is 0. The lowest BCUT2D eigenvalue weighted by molar-refractivity contribution is -0.0496. The van der Waals surface area contributed by atoms with Crippen molar-refractivity contribution in [3.05, 3.63) is 35.9 Å². The largest absolute Gasteiger partial charge is 0.511 e. The van der Waals surface area contributed by atoms with E-state index in [0.29, 0.717) is 36.2 Å². The van der Waals surface area contributed by atoms with Crippen LogP contribution in [0.15, 0.2) is 35.3 Å². The summed E-state index contributed by atoms with van der Waals surface area (Å²) in [5, 5.41) is 6.47. The Morgan fingerprint density at radius 1 is 1.24 bits per heavy atom. The van der Waals surface area contributed by atoms with Crippen LogP contribution in [0.4, 0.5) is 13.2 Å². The zero-order valence-electron chi connectivity index (χ0n) is 16.4. The van der Waals surface area contributed by atoms with Crippen LogP contribution in [0.1, 0.15) is 38.3 Å². The molecule has 1 atom stereocenters. The van der Waals surface area contributed by atoms with Gasteiger partial charge in [0, 0.05) is 26.2 Å². The summed E-state index contributed by atoms with van der Waals surface area (Å²) in [5.41, 5.74) is -4.13. The maximum atomic E-state index is 12.6. The molecule has 166 valence electrons. The van der Waals surface area contributed by atoms with Crippen molar-refractivity contribution in [2.24, 2.45) is 10.9 Å². The lowest BCUT2D eigenvalue weighted by atomic mass is 9.98. The van der Waals surface area contributed by atoms with Crippen molar-refractivity contribution in [1.82, 2.24) is 14.9 Å². The second kappa shape index (κ2) is 11.3. The monoisotopic (exact) mass is 548 g/mol. The lowest BCUT2D eigenvalue weighted by Gasteiger charge is -2.31. The number of aliphatic imine (C=N–C) groups is 1. The van der Waals surface area contributed by atoms with E-state index in [1.54, 1.807) is 0 Å². The predicted octanol–water partition coefficient (Wildman–Crippen LogP) is 3.48. The molecule has 0 saturated carbocycles. The Balaban J connectivity index is 0.00000420. The Morgan fingerprint density at radius 3 is 2.34 bits per heavy atom. The molecule has 0 aliphatic carbocycles. The van der Waals surface area contributed by atoms with Gasteiger partial charge >= 0.3 is 15.5 Å². The second-order valence-corrected chi connectivity index (χ2v) is 8.72. The first-order valence-electron chi connectivity index (χ1n) is 9.31. The van der Waals surface area contributed by atoms with E-state index in [1.807, 2.05) is 44.2 Å². The number of hydrogen-bond acceptors (Lipinski definition) is 3. The molecule has 1 aliphatic rings. The molecule has 0 radical (unpaired) electrons. The number of nitrogens with zero attached hydrogens (tertiary/aromatic N) is 2. The molecular formula is C18H28F3IN4O2S. The van der Waals surface area contributed by atoms with Crippen molar-refractivity contribution in [3.63, 3.8) is 0 Å². The smallest absolute Gasteiger partial charge is 0.357 e. The van der Waals surface area contributed by atoms with Crippen LogP contribution in [0.2, 0.25) is 0 Å². The summed E-state index contributed by atoms with van der Waals surface area (Å²) in [4.78, 5) is 4.54. The highest BCUT2D eigenvalue weighted by molar-refractivity contribution is 14.0. The third-order valence-electron chi connectivity index (χ3n) is 4.71. The van der Waals surface area contributed by atoms with E-state index in [1.165, 1.54) is 0 Å². The summed E-state index contributed by atoms with van der Waals surface area (Å²) in [7, 11) is -5.24. The summed E-state index contributed by atoms with van der Waals surface area (Å²) in [5.74, 6) is 0.673. The number of halogens is 4. The molecular weight excluding hydrogens is 520 g/mol. The molecule has 1 saturated heterocycles. The van der Waals surface area contributed by atoms with Crippen molar-refractivity contribution in [3.8, 4) is 0 Å². The van der Waals surface area contributed by atoms with Gasteiger partial charge in [0.15, 0.2) is 5.96 Å². The van der Waals surface area contributed by atoms with E-state index in [0.717, 1.165) is 5.56 Å². The Kier molecular flexibility index (Phi) is 10.2. The zero-order valence-corrected chi connectivity index (χ0v) is 19.6. The molecule has 1 unspecified atom stereocenters. The zero-order chi connectivity index (χ0) is 20.8. The highest BCUT2D eigenvalue weighted by Gasteiger charge is 2.50. The molecule has 29 heavy (non-hydrogen) atoms. The molecule has 2 rings (SSSR count). The number of piperidine rings is 1. The van der Waals surface area contributed by atoms with Crippen LogP contribution < -0.4 is 10.6 Å². The van der Waals surface area contributed by atoms with E-state index >= 15 is 0 Å². The van der Waals surface area contributed by atoms with Gasteiger partial charge in [0.25, 0.3) is 0 Å². The molecule has 1 aromatic carbocycles. The summed E-state index contributed by atoms with van der Waals surface area (Å²) in [6.07, 6.45) is 0.707. The summed E-state index contributed by atoms with van der Waals surface area (Å²) in [6, 6.07) is 9.93. The molecule has 2 N–H and O–H groups in total. The van der Waals surface area contributed by atoms with E-state index in [9.17, 15) is 21.6 Å². The highest BCUT2D eigenvalue weighted by Crippen LogP contribution is 2.30. The molecule has 11 heteroatoms. The lowest BCUT2D eigenvalue weighted by Crippen LogP contribution is -2.45. The molecule has 0 spiro atoms. The molecule has 0 aromatic heterocycles. The van der Waals surface area contributed by atoms with Gasteiger partial charge in [0.05, 0.1) is 6.04 Å². The Hall–Kier alpha value is -1.08. The standard InChI is InChI=1S/C18H27F3N4O2S.HI/c1-3-22-17(24-14(2)16-7-5-4-6-8-16)23-13-15-9-11-25(12-10-15)28(26,27)18(19,20)21;/h4-8,14-15H,3,9-13H2,1-2H3,(H2,22,23,24);1H. The van der Waals surface area contributed by atoms with Crippen LogP contribution >= 0.6 is 24.0 Å². The van der Waals surface area contributed by atoms with Gasteiger partial charge in [-0.25, -0.2) is 8.42 Å². The van der Waals surface area contributed by atoms with Gasteiger partial charge in [-0.3, -0.25) is 4.99 Å². The normalized spacial score (nSPS) is 18.0.